The fraction of sp³-hybridized carbons (Fsp3) is 0.400. The number of benzene rings is 2. The Labute approximate surface area is 150 Å². The van der Waals surface area contributed by atoms with E-state index in [0.717, 1.165) is 23.9 Å². The molecule has 1 aliphatic heterocycles. The van der Waals surface area contributed by atoms with Crippen LogP contribution < -0.4 is 4.72 Å². The van der Waals surface area contributed by atoms with Crippen LogP contribution in [0.3, 0.4) is 0 Å². The van der Waals surface area contributed by atoms with E-state index in [1.54, 1.807) is 6.07 Å². The lowest BCUT2D eigenvalue weighted by molar-refractivity contribution is 0.272. The fourth-order valence-corrected chi connectivity index (χ4v) is 4.01. The second-order valence-electron chi connectivity index (χ2n) is 7.15. The number of hydrogen-bond acceptors (Lipinski definition) is 3. The van der Waals surface area contributed by atoms with E-state index in [-0.39, 0.29) is 0 Å². The Hall–Kier alpha value is -1.85. The van der Waals surface area contributed by atoms with Crippen LogP contribution in [0.25, 0.3) is 11.1 Å². The largest absolute Gasteiger partial charge is 0.300 e. The van der Waals surface area contributed by atoms with Crippen molar-refractivity contribution in [2.24, 2.45) is 0 Å². The van der Waals surface area contributed by atoms with E-state index < -0.39 is 10.0 Å². The van der Waals surface area contributed by atoms with Gasteiger partial charge < -0.3 is 4.90 Å². The average molecular weight is 359 g/mol. The van der Waals surface area contributed by atoms with E-state index in [9.17, 15) is 8.42 Å². The summed E-state index contributed by atoms with van der Waals surface area (Å²) in [5.74, 6) is 0.606. The van der Waals surface area contributed by atoms with Gasteiger partial charge in [-0.05, 0) is 61.6 Å². The molecule has 0 radical (unpaired) electrons. The predicted molar refractivity (Wildman–Crippen MR) is 104 cm³/mol. The van der Waals surface area contributed by atoms with Crippen LogP contribution in [0.2, 0.25) is 0 Å². The minimum absolute atomic E-state index is 0.590. The number of rotatable bonds is 5. The highest BCUT2D eigenvalue weighted by atomic mass is 32.2. The molecule has 0 aromatic heterocycles. The lowest BCUT2D eigenvalue weighted by atomic mass is 9.95. The Balaban J connectivity index is 1.76. The highest BCUT2D eigenvalue weighted by molar-refractivity contribution is 7.92. The molecule has 25 heavy (non-hydrogen) atoms. The third-order valence-corrected chi connectivity index (χ3v) is 5.44. The third kappa shape index (κ3) is 4.61. The van der Waals surface area contributed by atoms with Gasteiger partial charge in [-0.25, -0.2) is 8.42 Å². The van der Waals surface area contributed by atoms with E-state index in [2.05, 4.69) is 47.7 Å². The fourth-order valence-electron chi connectivity index (χ4n) is 3.45. The maximum atomic E-state index is 11.4. The van der Waals surface area contributed by atoms with Crippen LogP contribution in [0.5, 0.6) is 0 Å². The summed E-state index contributed by atoms with van der Waals surface area (Å²) in [7, 11) is -3.26. The lowest BCUT2D eigenvalue weighted by Crippen LogP contribution is -2.27. The Kier molecular flexibility index (Phi) is 5.16. The molecule has 3 rings (SSSR count). The van der Waals surface area contributed by atoms with E-state index in [1.807, 2.05) is 18.2 Å². The summed E-state index contributed by atoms with van der Waals surface area (Å²) in [5.41, 5.74) is 4.08. The molecule has 2 aromatic carbocycles. The minimum atomic E-state index is -3.26. The molecule has 0 unspecified atom stereocenters. The molecule has 1 atom stereocenters. The molecule has 0 spiro atoms. The van der Waals surface area contributed by atoms with Crippen molar-refractivity contribution in [1.29, 1.82) is 0 Å². The Morgan fingerprint density at radius 3 is 2.40 bits per heavy atom. The normalized spacial score (nSPS) is 18.6. The number of nitrogens with zero attached hydrogens (tertiary/aromatic N) is 1. The average Bonchev–Trinajstić information content (AvgIpc) is 3.04. The molecule has 1 N–H and O–H groups in total. The van der Waals surface area contributed by atoms with Crippen LogP contribution in [0.4, 0.5) is 5.69 Å². The molecule has 1 heterocycles. The van der Waals surface area contributed by atoms with E-state index >= 15 is 0 Å². The van der Waals surface area contributed by atoms with Crippen molar-refractivity contribution in [2.75, 3.05) is 24.1 Å². The van der Waals surface area contributed by atoms with Gasteiger partial charge in [-0.3, -0.25) is 4.72 Å². The van der Waals surface area contributed by atoms with Crippen LogP contribution in [-0.2, 0) is 10.0 Å². The highest BCUT2D eigenvalue weighted by Crippen LogP contribution is 2.30. The van der Waals surface area contributed by atoms with Crippen LogP contribution in [0.15, 0.2) is 48.5 Å². The summed E-state index contributed by atoms with van der Waals surface area (Å²) in [6.45, 7) is 6.81. The van der Waals surface area contributed by atoms with Crippen molar-refractivity contribution in [3.8, 4) is 11.1 Å². The topological polar surface area (TPSA) is 49.4 Å². The molecular formula is C20H26N2O2S. The van der Waals surface area contributed by atoms with E-state index in [1.165, 1.54) is 18.5 Å². The van der Waals surface area contributed by atoms with Crippen LogP contribution in [-0.4, -0.2) is 38.7 Å². The van der Waals surface area contributed by atoms with Gasteiger partial charge in [0.1, 0.15) is 0 Å². The van der Waals surface area contributed by atoms with Crippen molar-refractivity contribution in [3.05, 3.63) is 54.1 Å². The van der Waals surface area contributed by atoms with Gasteiger partial charge in [0.05, 0.1) is 6.26 Å². The highest BCUT2D eigenvalue weighted by Gasteiger charge is 2.25. The second kappa shape index (κ2) is 7.18. The summed E-state index contributed by atoms with van der Waals surface area (Å²) >= 11 is 0. The molecule has 2 aromatic rings. The standard InChI is InChI=1S/C20H26N2O2S/c1-15(2)22-12-11-19(14-22)17-9-7-16(8-10-17)18-5-4-6-20(13-18)21-25(3,23)24/h4-10,13,15,19,21H,11-12,14H2,1-3H3/t19-/m1/s1. The molecule has 0 bridgehead atoms. The molecular weight excluding hydrogens is 332 g/mol. The first-order valence-electron chi connectivity index (χ1n) is 8.74. The molecule has 1 aliphatic rings. The van der Waals surface area contributed by atoms with Crippen LogP contribution in [0.1, 0.15) is 31.7 Å². The summed E-state index contributed by atoms with van der Waals surface area (Å²) < 4.78 is 25.3. The van der Waals surface area contributed by atoms with Crippen molar-refractivity contribution in [1.82, 2.24) is 4.90 Å². The minimum Gasteiger partial charge on any atom is -0.300 e. The number of hydrogen-bond donors (Lipinski definition) is 1. The third-order valence-electron chi connectivity index (χ3n) is 4.83. The van der Waals surface area contributed by atoms with Gasteiger partial charge in [0.2, 0.25) is 10.0 Å². The molecule has 4 nitrogen and oxygen atoms in total. The summed E-state index contributed by atoms with van der Waals surface area (Å²) in [6.07, 6.45) is 2.38. The first kappa shape index (κ1) is 18.0. The Bertz CT molecular complexity index is 829. The zero-order valence-corrected chi connectivity index (χ0v) is 15.9. The van der Waals surface area contributed by atoms with Gasteiger partial charge in [-0.1, -0.05) is 36.4 Å². The van der Waals surface area contributed by atoms with Crippen LogP contribution >= 0.6 is 0 Å². The quantitative estimate of drug-likeness (QED) is 0.881. The maximum absolute atomic E-state index is 11.4. The summed E-state index contributed by atoms with van der Waals surface area (Å²) in [5, 5.41) is 0. The van der Waals surface area contributed by atoms with Gasteiger partial charge in [0, 0.05) is 18.3 Å². The first-order valence-corrected chi connectivity index (χ1v) is 10.6. The zero-order chi connectivity index (χ0) is 18.0. The molecule has 0 amide bonds. The van der Waals surface area contributed by atoms with Gasteiger partial charge in [0.25, 0.3) is 0 Å². The van der Waals surface area contributed by atoms with Gasteiger partial charge >= 0.3 is 0 Å². The Morgan fingerprint density at radius 1 is 1.08 bits per heavy atom. The van der Waals surface area contributed by atoms with Crippen LogP contribution in [0, 0.1) is 0 Å². The zero-order valence-electron chi connectivity index (χ0n) is 15.1. The van der Waals surface area contributed by atoms with E-state index in [4.69, 9.17) is 0 Å². The molecule has 5 heteroatoms. The SMILES string of the molecule is CC(C)N1CC[C@@H](c2ccc(-c3cccc(NS(C)(=O)=O)c3)cc2)C1. The number of likely N-dealkylation sites (tertiary alicyclic amines) is 1. The number of anilines is 1. The first-order chi connectivity index (χ1) is 11.8. The number of nitrogens with one attached hydrogen (secondary N) is 1. The van der Waals surface area contributed by atoms with Gasteiger partial charge in [-0.2, -0.15) is 0 Å². The molecule has 1 saturated heterocycles. The van der Waals surface area contributed by atoms with Crippen molar-refractivity contribution < 1.29 is 8.42 Å². The lowest BCUT2D eigenvalue weighted by Gasteiger charge is -2.20. The van der Waals surface area contributed by atoms with Crippen molar-refractivity contribution in [2.45, 2.75) is 32.2 Å². The smallest absolute Gasteiger partial charge is 0.229 e. The predicted octanol–water partition coefficient (Wildman–Crippen LogP) is 3.92. The second-order valence-corrected chi connectivity index (χ2v) is 8.90. The van der Waals surface area contributed by atoms with Gasteiger partial charge in [-0.15, -0.1) is 0 Å². The maximum Gasteiger partial charge on any atom is 0.229 e. The molecule has 134 valence electrons. The van der Waals surface area contributed by atoms with Gasteiger partial charge in [0.15, 0.2) is 0 Å². The monoisotopic (exact) mass is 358 g/mol. The van der Waals surface area contributed by atoms with E-state index in [0.29, 0.717) is 17.6 Å². The summed E-state index contributed by atoms with van der Waals surface area (Å²) in [4.78, 5) is 2.53. The molecule has 0 aliphatic carbocycles. The molecule has 0 saturated carbocycles. The summed E-state index contributed by atoms with van der Waals surface area (Å²) in [6, 6.07) is 16.8. The van der Waals surface area contributed by atoms with Crippen molar-refractivity contribution in [3.63, 3.8) is 0 Å². The Morgan fingerprint density at radius 2 is 1.80 bits per heavy atom. The van der Waals surface area contributed by atoms with Crippen molar-refractivity contribution >= 4 is 15.7 Å². The molecule has 1 fully saturated rings. The number of sulfonamides is 1.